The van der Waals surface area contributed by atoms with Crippen LogP contribution in [-0.4, -0.2) is 24.9 Å². The topological polar surface area (TPSA) is 20.3 Å². The van der Waals surface area contributed by atoms with Gasteiger partial charge in [0.05, 0.1) is 0 Å². The number of amides is 1. The van der Waals surface area contributed by atoms with Crippen molar-refractivity contribution in [2.45, 2.75) is 13.3 Å². The molecule has 0 saturated carbocycles. The van der Waals surface area contributed by atoms with E-state index in [1.54, 1.807) is 19.0 Å². The molecule has 0 heterocycles. The van der Waals surface area contributed by atoms with Crippen molar-refractivity contribution >= 4 is 5.91 Å². The minimum Gasteiger partial charge on any atom is -0.345 e. The first-order valence-corrected chi connectivity index (χ1v) is 6.53. The van der Waals surface area contributed by atoms with E-state index in [4.69, 9.17) is 0 Å². The van der Waals surface area contributed by atoms with Gasteiger partial charge in [-0.1, -0.05) is 43.3 Å². The van der Waals surface area contributed by atoms with E-state index < -0.39 is 0 Å². The average molecular weight is 253 g/mol. The zero-order valence-corrected chi connectivity index (χ0v) is 11.7. The maximum atomic E-state index is 12.0. The maximum absolute atomic E-state index is 12.0. The van der Waals surface area contributed by atoms with Gasteiger partial charge in [0.15, 0.2) is 0 Å². The van der Waals surface area contributed by atoms with Gasteiger partial charge in [0, 0.05) is 19.7 Å². The van der Waals surface area contributed by atoms with Crippen LogP contribution in [0.3, 0.4) is 0 Å². The average Bonchev–Trinajstić information content (AvgIpc) is 2.46. The number of rotatable bonds is 3. The highest BCUT2D eigenvalue weighted by atomic mass is 16.2. The van der Waals surface area contributed by atoms with E-state index in [2.05, 4.69) is 31.2 Å². The molecule has 2 aromatic carbocycles. The van der Waals surface area contributed by atoms with E-state index in [1.165, 1.54) is 11.1 Å². The highest BCUT2D eigenvalue weighted by Gasteiger charge is 2.10. The summed E-state index contributed by atoms with van der Waals surface area (Å²) < 4.78 is 0. The summed E-state index contributed by atoms with van der Waals surface area (Å²) in [5.74, 6) is 0.0378. The molecule has 2 heteroatoms. The third kappa shape index (κ3) is 2.84. The van der Waals surface area contributed by atoms with Crippen molar-refractivity contribution in [1.82, 2.24) is 4.90 Å². The predicted molar refractivity (Wildman–Crippen MR) is 79.3 cm³/mol. The van der Waals surface area contributed by atoms with Crippen molar-refractivity contribution < 1.29 is 4.79 Å². The van der Waals surface area contributed by atoms with Crippen LogP contribution in [0.2, 0.25) is 0 Å². The molecule has 0 radical (unpaired) electrons. The molecule has 0 aliphatic rings. The number of nitrogens with zero attached hydrogens (tertiary/aromatic N) is 1. The van der Waals surface area contributed by atoms with Crippen LogP contribution in [0.25, 0.3) is 11.1 Å². The minimum atomic E-state index is 0.0378. The largest absolute Gasteiger partial charge is 0.345 e. The zero-order valence-electron chi connectivity index (χ0n) is 11.7. The first kappa shape index (κ1) is 13.3. The lowest BCUT2D eigenvalue weighted by molar-refractivity contribution is 0.0827. The highest BCUT2D eigenvalue weighted by Crippen LogP contribution is 2.25. The van der Waals surface area contributed by atoms with Gasteiger partial charge in [-0.05, 0) is 35.2 Å². The molecule has 0 saturated heterocycles. The van der Waals surface area contributed by atoms with Crippen molar-refractivity contribution in [3.63, 3.8) is 0 Å². The summed E-state index contributed by atoms with van der Waals surface area (Å²) in [5, 5.41) is 0. The number of aryl methyl sites for hydroxylation is 1. The van der Waals surface area contributed by atoms with Crippen molar-refractivity contribution in [2.24, 2.45) is 0 Å². The Morgan fingerprint density at radius 1 is 1.05 bits per heavy atom. The molecular formula is C17H19NO. The van der Waals surface area contributed by atoms with Gasteiger partial charge in [-0.25, -0.2) is 0 Å². The molecule has 2 rings (SSSR count). The third-order valence-electron chi connectivity index (χ3n) is 3.22. The van der Waals surface area contributed by atoms with Gasteiger partial charge in [-0.3, -0.25) is 4.79 Å². The van der Waals surface area contributed by atoms with Crippen LogP contribution in [0.1, 0.15) is 22.8 Å². The molecule has 0 spiro atoms. The molecule has 2 aromatic rings. The van der Waals surface area contributed by atoms with E-state index in [1.807, 2.05) is 24.3 Å². The summed E-state index contributed by atoms with van der Waals surface area (Å²) in [5.41, 5.74) is 4.34. The molecule has 0 aliphatic heterocycles. The van der Waals surface area contributed by atoms with Crippen LogP contribution in [-0.2, 0) is 6.42 Å². The molecule has 98 valence electrons. The third-order valence-corrected chi connectivity index (χ3v) is 3.22. The predicted octanol–water partition coefficient (Wildman–Crippen LogP) is 3.62. The van der Waals surface area contributed by atoms with Gasteiger partial charge in [0.25, 0.3) is 5.91 Å². The second-order valence-electron chi connectivity index (χ2n) is 4.79. The molecular weight excluding hydrogens is 234 g/mol. The van der Waals surface area contributed by atoms with E-state index in [0.717, 1.165) is 17.5 Å². The van der Waals surface area contributed by atoms with Gasteiger partial charge in [-0.15, -0.1) is 0 Å². The Morgan fingerprint density at radius 3 is 2.47 bits per heavy atom. The van der Waals surface area contributed by atoms with Gasteiger partial charge in [0.1, 0.15) is 0 Å². The molecule has 0 fully saturated rings. The van der Waals surface area contributed by atoms with Crippen LogP contribution in [0, 0.1) is 0 Å². The summed E-state index contributed by atoms with van der Waals surface area (Å²) in [7, 11) is 3.55. The number of carbonyl (C=O) groups is 1. The maximum Gasteiger partial charge on any atom is 0.253 e. The van der Waals surface area contributed by atoms with Crippen LogP contribution in [0.4, 0.5) is 0 Å². The quantitative estimate of drug-likeness (QED) is 0.818. The smallest absolute Gasteiger partial charge is 0.253 e. The van der Waals surface area contributed by atoms with Gasteiger partial charge in [0.2, 0.25) is 0 Å². The molecule has 0 N–H and O–H groups in total. The Balaban J connectivity index is 2.46. The fraction of sp³-hybridized carbons (Fsp3) is 0.235. The van der Waals surface area contributed by atoms with Crippen LogP contribution in [0.15, 0.2) is 48.5 Å². The van der Waals surface area contributed by atoms with Gasteiger partial charge < -0.3 is 4.90 Å². The van der Waals surface area contributed by atoms with E-state index in [-0.39, 0.29) is 5.91 Å². The fourth-order valence-corrected chi connectivity index (χ4v) is 2.19. The molecule has 0 aromatic heterocycles. The monoisotopic (exact) mass is 253 g/mol. The van der Waals surface area contributed by atoms with Crippen molar-refractivity contribution in [2.75, 3.05) is 14.1 Å². The van der Waals surface area contributed by atoms with E-state index >= 15 is 0 Å². The van der Waals surface area contributed by atoms with Gasteiger partial charge >= 0.3 is 0 Å². The van der Waals surface area contributed by atoms with E-state index in [9.17, 15) is 4.79 Å². The highest BCUT2D eigenvalue weighted by molar-refractivity contribution is 5.95. The number of hydrogen-bond acceptors (Lipinski definition) is 1. The summed E-state index contributed by atoms with van der Waals surface area (Å²) in [6.07, 6.45) is 0.988. The second kappa shape index (κ2) is 5.70. The normalized spacial score (nSPS) is 10.3. The van der Waals surface area contributed by atoms with E-state index in [0.29, 0.717) is 0 Å². The number of benzene rings is 2. The van der Waals surface area contributed by atoms with Crippen molar-refractivity contribution in [3.05, 3.63) is 59.7 Å². The lowest BCUT2D eigenvalue weighted by Crippen LogP contribution is -2.21. The Morgan fingerprint density at radius 2 is 1.79 bits per heavy atom. The first-order chi connectivity index (χ1) is 9.13. The molecule has 0 aliphatic carbocycles. The molecule has 19 heavy (non-hydrogen) atoms. The molecule has 0 bridgehead atoms. The Kier molecular flexibility index (Phi) is 4.00. The molecule has 2 nitrogen and oxygen atoms in total. The zero-order chi connectivity index (χ0) is 13.8. The van der Waals surface area contributed by atoms with Crippen molar-refractivity contribution in [3.8, 4) is 11.1 Å². The second-order valence-corrected chi connectivity index (χ2v) is 4.79. The SMILES string of the molecule is CCc1ccccc1-c1cccc(C(=O)N(C)C)c1. The molecule has 0 unspecified atom stereocenters. The minimum absolute atomic E-state index is 0.0378. The van der Waals surface area contributed by atoms with Gasteiger partial charge in [-0.2, -0.15) is 0 Å². The lowest BCUT2D eigenvalue weighted by Gasteiger charge is -2.12. The summed E-state index contributed by atoms with van der Waals surface area (Å²) in [6, 6.07) is 16.2. The standard InChI is InChI=1S/C17H19NO/c1-4-13-8-5-6-11-16(13)14-9-7-10-15(12-14)17(19)18(2)3/h5-12H,4H2,1-3H3. The molecule has 1 amide bonds. The fourth-order valence-electron chi connectivity index (χ4n) is 2.19. The summed E-state index contributed by atoms with van der Waals surface area (Å²) in [4.78, 5) is 13.6. The van der Waals surface area contributed by atoms with Crippen molar-refractivity contribution in [1.29, 1.82) is 0 Å². The summed E-state index contributed by atoms with van der Waals surface area (Å²) >= 11 is 0. The Hall–Kier alpha value is -2.09. The van der Waals surface area contributed by atoms with Crippen LogP contribution in [0.5, 0.6) is 0 Å². The number of carbonyl (C=O) groups excluding carboxylic acids is 1. The molecule has 0 atom stereocenters. The number of hydrogen-bond donors (Lipinski definition) is 0. The Labute approximate surface area is 114 Å². The summed E-state index contributed by atoms with van der Waals surface area (Å²) in [6.45, 7) is 2.15. The Bertz CT molecular complexity index is 587. The first-order valence-electron chi connectivity index (χ1n) is 6.53. The van der Waals surface area contributed by atoms with Crippen LogP contribution >= 0.6 is 0 Å². The van der Waals surface area contributed by atoms with Crippen LogP contribution < -0.4 is 0 Å². The lowest BCUT2D eigenvalue weighted by atomic mass is 9.96.